The van der Waals surface area contributed by atoms with E-state index < -0.39 is 0 Å². The Morgan fingerprint density at radius 3 is 2.43 bits per heavy atom. The first kappa shape index (κ1) is 15.7. The summed E-state index contributed by atoms with van der Waals surface area (Å²) in [5, 5.41) is 0. The number of carbonyl (C=O) groups is 2. The molecule has 2 atom stereocenters. The normalized spacial score (nSPS) is 21.8. The molecule has 0 aliphatic heterocycles. The van der Waals surface area contributed by atoms with E-state index in [4.69, 9.17) is 4.74 Å². The van der Waals surface area contributed by atoms with E-state index in [1.807, 2.05) is 30.3 Å². The summed E-state index contributed by atoms with van der Waals surface area (Å²) in [6, 6.07) is 9.43. The van der Waals surface area contributed by atoms with E-state index in [1.165, 1.54) is 0 Å². The van der Waals surface area contributed by atoms with E-state index in [0.717, 1.165) is 31.4 Å². The molecular formula is C18H24O3. The van der Waals surface area contributed by atoms with Gasteiger partial charge in [-0.05, 0) is 37.3 Å². The lowest BCUT2D eigenvalue weighted by molar-refractivity contribution is -0.122. The van der Waals surface area contributed by atoms with Crippen molar-refractivity contribution in [1.29, 1.82) is 0 Å². The minimum atomic E-state index is 0.151. The Bertz CT molecular complexity index is 467. The first-order valence-corrected chi connectivity index (χ1v) is 7.82. The van der Waals surface area contributed by atoms with Gasteiger partial charge < -0.3 is 9.53 Å². The molecule has 3 nitrogen and oxygen atoms in total. The first-order chi connectivity index (χ1) is 10.1. The molecule has 1 aliphatic carbocycles. The summed E-state index contributed by atoms with van der Waals surface area (Å²) < 4.78 is 5.50. The zero-order valence-electron chi connectivity index (χ0n) is 12.7. The van der Waals surface area contributed by atoms with Crippen LogP contribution in [0.25, 0.3) is 0 Å². The zero-order chi connectivity index (χ0) is 15.1. The number of para-hydroxylation sites is 1. The monoisotopic (exact) mass is 288 g/mol. The predicted octanol–water partition coefficient (Wildman–Crippen LogP) is 3.81. The Morgan fingerprint density at radius 2 is 1.76 bits per heavy atom. The van der Waals surface area contributed by atoms with Crippen molar-refractivity contribution in [3.63, 3.8) is 0 Å². The van der Waals surface area contributed by atoms with E-state index in [2.05, 4.69) is 0 Å². The molecule has 0 bridgehead atoms. The number of carbonyl (C=O) groups excluding carboxylic acids is 2. The fraction of sp³-hybridized carbons (Fsp3) is 0.556. The van der Waals surface area contributed by atoms with Gasteiger partial charge in [0, 0.05) is 12.8 Å². The maximum atomic E-state index is 12.0. The van der Waals surface area contributed by atoms with Gasteiger partial charge in [0.1, 0.15) is 18.1 Å². The van der Waals surface area contributed by atoms with Gasteiger partial charge in [-0.15, -0.1) is 0 Å². The average Bonchev–Trinajstić information content (AvgIpc) is 2.46. The molecule has 114 valence electrons. The molecule has 0 aromatic heterocycles. The van der Waals surface area contributed by atoms with Crippen LogP contribution in [0, 0.1) is 11.8 Å². The topological polar surface area (TPSA) is 43.4 Å². The van der Waals surface area contributed by atoms with Crippen LogP contribution in [-0.4, -0.2) is 18.2 Å². The van der Waals surface area contributed by atoms with Gasteiger partial charge in [-0.1, -0.05) is 37.5 Å². The molecule has 0 heterocycles. The quantitative estimate of drug-likeness (QED) is 0.766. The van der Waals surface area contributed by atoms with Crippen molar-refractivity contribution in [3.05, 3.63) is 30.3 Å². The summed E-state index contributed by atoms with van der Waals surface area (Å²) in [4.78, 5) is 23.2. The molecule has 1 fully saturated rings. The summed E-state index contributed by atoms with van der Waals surface area (Å²) in [6.45, 7) is 1.81. The molecule has 2 rings (SSSR count). The number of Topliss-reactive ketones (excluding diaryl/α,β-unsaturated/α-hetero) is 2. The maximum absolute atomic E-state index is 12.0. The average molecular weight is 288 g/mol. The molecule has 3 heteroatoms. The van der Waals surface area contributed by atoms with Crippen molar-refractivity contribution >= 4 is 11.6 Å². The van der Waals surface area contributed by atoms with Crippen molar-refractivity contribution in [2.75, 3.05) is 6.61 Å². The van der Waals surface area contributed by atoms with Crippen molar-refractivity contribution in [3.8, 4) is 5.75 Å². The van der Waals surface area contributed by atoms with E-state index in [-0.39, 0.29) is 18.2 Å². The third-order valence-corrected chi connectivity index (χ3v) is 4.13. The number of ketones is 2. The van der Waals surface area contributed by atoms with Gasteiger partial charge in [0.25, 0.3) is 0 Å². The van der Waals surface area contributed by atoms with E-state index in [1.54, 1.807) is 6.92 Å². The van der Waals surface area contributed by atoms with Crippen LogP contribution in [0.3, 0.4) is 0 Å². The molecule has 0 radical (unpaired) electrons. The van der Waals surface area contributed by atoms with E-state index in [0.29, 0.717) is 24.7 Å². The van der Waals surface area contributed by atoms with Crippen molar-refractivity contribution in [1.82, 2.24) is 0 Å². The number of rotatable bonds is 7. The zero-order valence-corrected chi connectivity index (χ0v) is 12.7. The van der Waals surface area contributed by atoms with Gasteiger partial charge in [0.15, 0.2) is 5.78 Å². The van der Waals surface area contributed by atoms with E-state index in [9.17, 15) is 9.59 Å². The van der Waals surface area contributed by atoms with Crippen LogP contribution in [0.15, 0.2) is 30.3 Å². The predicted molar refractivity (Wildman–Crippen MR) is 82.3 cm³/mol. The largest absolute Gasteiger partial charge is 0.486 e. The number of benzene rings is 1. The second-order valence-electron chi connectivity index (χ2n) is 6.15. The van der Waals surface area contributed by atoms with Crippen molar-refractivity contribution < 1.29 is 14.3 Å². The number of ether oxygens (including phenoxy) is 1. The Hall–Kier alpha value is -1.64. The molecule has 1 aliphatic rings. The molecule has 21 heavy (non-hydrogen) atoms. The molecule has 1 aromatic carbocycles. The highest BCUT2D eigenvalue weighted by Gasteiger charge is 2.24. The number of hydrogen-bond acceptors (Lipinski definition) is 3. The van der Waals surface area contributed by atoms with Crippen molar-refractivity contribution in [2.45, 2.75) is 45.4 Å². The third kappa shape index (κ3) is 5.70. The minimum absolute atomic E-state index is 0.151. The van der Waals surface area contributed by atoms with Crippen LogP contribution in [0.1, 0.15) is 45.4 Å². The van der Waals surface area contributed by atoms with Crippen LogP contribution in [0.5, 0.6) is 5.75 Å². The molecule has 0 amide bonds. The Morgan fingerprint density at radius 1 is 1.10 bits per heavy atom. The van der Waals surface area contributed by atoms with Gasteiger partial charge in [-0.25, -0.2) is 0 Å². The van der Waals surface area contributed by atoms with Gasteiger partial charge in [-0.3, -0.25) is 4.79 Å². The number of hydrogen-bond donors (Lipinski definition) is 0. The Labute approximate surface area is 126 Å². The first-order valence-electron chi connectivity index (χ1n) is 7.82. The highest BCUT2D eigenvalue weighted by molar-refractivity contribution is 5.80. The SMILES string of the molecule is CC(=O)CC1CCCC(CC(=O)COc2ccccc2)C1. The summed E-state index contributed by atoms with van der Waals surface area (Å²) in [5.41, 5.74) is 0. The molecule has 1 saturated carbocycles. The van der Waals surface area contributed by atoms with Crippen LogP contribution < -0.4 is 4.74 Å². The summed E-state index contributed by atoms with van der Waals surface area (Å²) in [5.74, 6) is 2.06. The van der Waals surface area contributed by atoms with Gasteiger partial charge in [0.2, 0.25) is 0 Å². The van der Waals surface area contributed by atoms with Gasteiger partial charge >= 0.3 is 0 Å². The summed E-state index contributed by atoms with van der Waals surface area (Å²) >= 11 is 0. The van der Waals surface area contributed by atoms with Crippen LogP contribution in [-0.2, 0) is 9.59 Å². The molecule has 1 aromatic rings. The fourth-order valence-corrected chi connectivity index (χ4v) is 3.24. The lowest BCUT2D eigenvalue weighted by Gasteiger charge is -2.28. The summed E-state index contributed by atoms with van der Waals surface area (Å²) in [7, 11) is 0. The van der Waals surface area contributed by atoms with Crippen LogP contribution in [0.4, 0.5) is 0 Å². The van der Waals surface area contributed by atoms with E-state index >= 15 is 0 Å². The van der Waals surface area contributed by atoms with Crippen LogP contribution >= 0.6 is 0 Å². The highest BCUT2D eigenvalue weighted by atomic mass is 16.5. The molecule has 2 unspecified atom stereocenters. The second kappa shape index (κ2) is 7.96. The molecular weight excluding hydrogens is 264 g/mol. The van der Waals surface area contributed by atoms with Crippen LogP contribution in [0.2, 0.25) is 0 Å². The Kier molecular flexibility index (Phi) is 5.97. The molecule has 0 saturated heterocycles. The fourth-order valence-electron chi connectivity index (χ4n) is 3.24. The van der Waals surface area contributed by atoms with Gasteiger partial charge in [0.05, 0.1) is 0 Å². The van der Waals surface area contributed by atoms with Crippen molar-refractivity contribution in [2.24, 2.45) is 11.8 Å². The minimum Gasteiger partial charge on any atom is -0.486 e. The maximum Gasteiger partial charge on any atom is 0.170 e. The van der Waals surface area contributed by atoms with Gasteiger partial charge in [-0.2, -0.15) is 0 Å². The molecule has 0 N–H and O–H groups in total. The lowest BCUT2D eigenvalue weighted by atomic mass is 9.77. The second-order valence-corrected chi connectivity index (χ2v) is 6.15. The lowest BCUT2D eigenvalue weighted by Crippen LogP contribution is -2.22. The molecule has 0 spiro atoms. The Balaban J connectivity index is 1.73. The standard InChI is InChI=1S/C18H24O3/c1-14(19)10-15-6-5-7-16(11-15)12-17(20)13-21-18-8-3-2-4-9-18/h2-4,8-9,15-16H,5-7,10-13H2,1H3. The highest BCUT2D eigenvalue weighted by Crippen LogP contribution is 2.33. The smallest absolute Gasteiger partial charge is 0.170 e. The summed E-state index contributed by atoms with van der Waals surface area (Å²) in [6.07, 6.45) is 5.63. The third-order valence-electron chi connectivity index (χ3n) is 4.13.